The van der Waals surface area contributed by atoms with Crippen LogP contribution in [0.15, 0.2) is 10.5 Å². The minimum atomic E-state index is -0.356. The van der Waals surface area contributed by atoms with E-state index in [0.717, 1.165) is 0 Å². The Morgan fingerprint density at radius 3 is 3.00 bits per heavy atom. The molecule has 0 N–H and O–H groups in total. The molecule has 0 radical (unpaired) electrons. The highest BCUT2D eigenvalue weighted by molar-refractivity contribution is 9.10. The number of Topliss-reactive ketones (excluding diaryl/α,β-unsaturated/α-hetero) is 1. The van der Waals surface area contributed by atoms with Crippen molar-refractivity contribution in [2.75, 3.05) is 6.61 Å². The topological polar surface area (TPSA) is 26.3 Å². The molecule has 0 amide bonds. The molecule has 14 heavy (non-hydrogen) atoms. The molecule has 1 aliphatic heterocycles. The van der Waals surface area contributed by atoms with E-state index in [0.29, 0.717) is 34.4 Å². The van der Waals surface area contributed by atoms with Crippen LogP contribution >= 0.6 is 15.9 Å². The lowest BCUT2D eigenvalue weighted by Gasteiger charge is -2.19. The third-order valence-corrected chi connectivity index (χ3v) is 2.90. The minimum Gasteiger partial charge on any atom is -0.492 e. The molecule has 0 spiro atoms. The first kappa shape index (κ1) is 9.65. The highest BCUT2D eigenvalue weighted by Gasteiger charge is 2.24. The Morgan fingerprint density at radius 2 is 2.29 bits per heavy atom. The van der Waals surface area contributed by atoms with Crippen molar-refractivity contribution in [3.8, 4) is 5.75 Å². The van der Waals surface area contributed by atoms with Gasteiger partial charge in [-0.15, -0.1) is 0 Å². The fourth-order valence-electron chi connectivity index (χ4n) is 1.51. The van der Waals surface area contributed by atoms with Crippen LogP contribution in [-0.4, -0.2) is 12.4 Å². The van der Waals surface area contributed by atoms with Gasteiger partial charge in [0.2, 0.25) is 0 Å². The van der Waals surface area contributed by atoms with Gasteiger partial charge in [-0.05, 0) is 28.9 Å². The van der Waals surface area contributed by atoms with Crippen LogP contribution in [0.25, 0.3) is 0 Å². The smallest absolute Gasteiger partial charge is 0.171 e. The fourth-order valence-corrected chi connectivity index (χ4v) is 2.11. The summed E-state index contributed by atoms with van der Waals surface area (Å²) in [6.07, 6.45) is 0.358. The maximum Gasteiger partial charge on any atom is 0.171 e. The average Bonchev–Trinajstić information content (AvgIpc) is 2.14. The Kier molecular flexibility index (Phi) is 2.31. The zero-order valence-corrected chi connectivity index (χ0v) is 9.15. The Hall–Kier alpha value is -0.900. The number of halogens is 2. The molecular weight excluding hydrogens is 251 g/mol. The predicted molar refractivity (Wildman–Crippen MR) is 53.3 cm³/mol. The van der Waals surface area contributed by atoms with Crippen molar-refractivity contribution in [3.63, 3.8) is 0 Å². The molecule has 0 bridgehead atoms. The van der Waals surface area contributed by atoms with E-state index in [1.807, 2.05) is 0 Å². The lowest BCUT2D eigenvalue weighted by atomic mass is 10.0. The molecule has 1 aromatic rings. The quantitative estimate of drug-likeness (QED) is 0.716. The second-order valence-electron chi connectivity index (χ2n) is 3.19. The summed E-state index contributed by atoms with van der Waals surface area (Å²) in [7, 11) is 0. The Bertz CT molecular complexity index is 415. The molecule has 4 heteroatoms. The van der Waals surface area contributed by atoms with Gasteiger partial charge in [-0.1, -0.05) is 0 Å². The number of carbonyl (C=O) groups excluding carboxylic acids is 1. The Labute approximate surface area is 89.2 Å². The third kappa shape index (κ3) is 1.34. The van der Waals surface area contributed by atoms with Crippen LogP contribution in [0.2, 0.25) is 0 Å². The summed E-state index contributed by atoms with van der Waals surface area (Å²) < 4.78 is 19.0. The van der Waals surface area contributed by atoms with Crippen LogP contribution in [0.3, 0.4) is 0 Å². The molecule has 0 aromatic heterocycles. The summed E-state index contributed by atoms with van der Waals surface area (Å²) in [6.45, 7) is 1.95. The molecule has 1 aliphatic rings. The number of carbonyl (C=O) groups is 1. The molecule has 0 unspecified atom stereocenters. The van der Waals surface area contributed by atoms with E-state index in [2.05, 4.69) is 15.9 Å². The van der Waals surface area contributed by atoms with Crippen LogP contribution in [-0.2, 0) is 0 Å². The number of fused-ring (bicyclic) bond motifs is 1. The largest absolute Gasteiger partial charge is 0.492 e. The van der Waals surface area contributed by atoms with Crippen LogP contribution in [0, 0.1) is 12.7 Å². The zero-order chi connectivity index (χ0) is 10.3. The van der Waals surface area contributed by atoms with Crippen molar-refractivity contribution >= 4 is 21.7 Å². The third-order valence-electron chi connectivity index (χ3n) is 2.27. The van der Waals surface area contributed by atoms with E-state index >= 15 is 0 Å². The first-order chi connectivity index (χ1) is 6.61. The SMILES string of the molecule is Cc1c(F)cc(Br)c2c1OCCC2=O. The van der Waals surface area contributed by atoms with Crippen LogP contribution in [0.5, 0.6) is 5.75 Å². The van der Waals surface area contributed by atoms with E-state index in [1.54, 1.807) is 6.92 Å². The first-order valence-electron chi connectivity index (χ1n) is 4.26. The van der Waals surface area contributed by atoms with Gasteiger partial charge >= 0.3 is 0 Å². The molecule has 1 aromatic carbocycles. The van der Waals surface area contributed by atoms with E-state index < -0.39 is 0 Å². The monoisotopic (exact) mass is 258 g/mol. The summed E-state index contributed by atoms with van der Waals surface area (Å²) in [5.41, 5.74) is 0.867. The number of hydrogen-bond acceptors (Lipinski definition) is 2. The zero-order valence-electron chi connectivity index (χ0n) is 7.56. The molecule has 2 nitrogen and oxygen atoms in total. The van der Waals surface area contributed by atoms with E-state index in [1.165, 1.54) is 6.07 Å². The van der Waals surface area contributed by atoms with Crippen molar-refractivity contribution in [2.24, 2.45) is 0 Å². The van der Waals surface area contributed by atoms with Gasteiger partial charge in [-0.25, -0.2) is 4.39 Å². The average molecular weight is 259 g/mol. The number of ketones is 1. The van der Waals surface area contributed by atoms with Gasteiger partial charge < -0.3 is 4.74 Å². The van der Waals surface area contributed by atoms with Gasteiger partial charge in [0.15, 0.2) is 5.78 Å². The van der Waals surface area contributed by atoms with Crippen LogP contribution in [0.4, 0.5) is 4.39 Å². The van der Waals surface area contributed by atoms with E-state index in [4.69, 9.17) is 4.74 Å². The highest BCUT2D eigenvalue weighted by atomic mass is 79.9. The van der Waals surface area contributed by atoms with Crippen molar-refractivity contribution in [1.82, 2.24) is 0 Å². The molecule has 1 heterocycles. The normalized spacial score (nSPS) is 14.9. The molecule has 0 atom stereocenters. The highest BCUT2D eigenvalue weighted by Crippen LogP contribution is 2.35. The second-order valence-corrected chi connectivity index (χ2v) is 4.05. The van der Waals surface area contributed by atoms with Crippen LogP contribution < -0.4 is 4.74 Å². The van der Waals surface area contributed by atoms with Crippen molar-refractivity contribution in [3.05, 3.63) is 27.5 Å². The molecule has 0 fully saturated rings. The summed E-state index contributed by atoms with van der Waals surface area (Å²) >= 11 is 3.17. The minimum absolute atomic E-state index is 0.00113. The lowest BCUT2D eigenvalue weighted by molar-refractivity contribution is 0.0931. The molecule has 0 aliphatic carbocycles. The van der Waals surface area contributed by atoms with Crippen molar-refractivity contribution in [2.45, 2.75) is 13.3 Å². The van der Waals surface area contributed by atoms with Crippen molar-refractivity contribution < 1.29 is 13.9 Å². The van der Waals surface area contributed by atoms with E-state index in [-0.39, 0.29) is 11.6 Å². The molecular formula is C10H8BrFO2. The van der Waals surface area contributed by atoms with Gasteiger partial charge in [-0.3, -0.25) is 4.79 Å². The molecule has 74 valence electrons. The number of hydrogen-bond donors (Lipinski definition) is 0. The summed E-state index contributed by atoms with van der Waals surface area (Å²) in [5.74, 6) is 0.0275. The summed E-state index contributed by atoms with van der Waals surface area (Å²) in [6, 6.07) is 1.31. The van der Waals surface area contributed by atoms with Gasteiger partial charge in [0.1, 0.15) is 11.6 Å². The molecule has 0 saturated carbocycles. The van der Waals surface area contributed by atoms with Gasteiger partial charge in [0.25, 0.3) is 0 Å². The number of rotatable bonds is 0. The van der Waals surface area contributed by atoms with Gasteiger partial charge in [-0.2, -0.15) is 0 Å². The Morgan fingerprint density at radius 1 is 1.57 bits per heavy atom. The maximum absolute atomic E-state index is 13.3. The lowest BCUT2D eigenvalue weighted by Crippen LogP contribution is -2.17. The van der Waals surface area contributed by atoms with Gasteiger partial charge in [0, 0.05) is 16.5 Å². The first-order valence-corrected chi connectivity index (χ1v) is 5.05. The molecule has 2 rings (SSSR count). The Balaban J connectivity index is 2.72. The molecule has 0 saturated heterocycles. The fraction of sp³-hybridized carbons (Fsp3) is 0.300. The van der Waals surface area contributed by atoms with Crippen LogP contribution in [0.1, 0.15) is 22.3 Å². The second kappa shape index (κ2) is 3.35. The standard InChI is InChI=1S/C10H8BrFO2/c1-5-7(12)4-6(11)9-8(13)2-3-14-10(5)9/h4H,2-3H2,1H3. The maximum atomic E-state index is 13.3. The number of benzene rings is 1. The van der Waals surface area contributed by atoms with Gasteiger partial charge in [0.05, 0.1) is 12.2 Å². The predicted octanol–water partition coefficient (Wildman–Crippen LogP) is 2.86. The summed E-state index contributed by atoms with van der Waals surface area (Å²) in [5, 5.41) is 0. The number of ether oxygens (including phenoxy) is 1. The summed E-state index contributed by atoms with van der Waals surface area (Å²) in [4.78, 5) is 11.5. The van der Waals surface area contributed by atoms with Crippen molar-refractivity contribution in [1.29, 1.82) is 0 Å². The van der Waals surface area contributed by atoms with E-state index in [9.17, 15) is 9.18 Å².